The maximum Gasteiger partial charge on any atom is 0.411 e. The summed E-state index contributed by atoms with van der Waals surface area (Å²) in [5.74, 6) is 0.145. The average Bonchev–Trinajstić information content (AvgIpc) is 3.14. The predicted molar refractivity (Wildman–Crippen MR) is 112 cm³/mol. The Balaban J connectivity index is 1.62. The van der Waals surface area contributed by atoms with Gasteiger partial charge in [-0.1, -0.05) is 41.9 Å². The van der Waals surface area contributed by atoms with Crippen LogP contribution in [-0.4, -0.2) is 27.9 Å². The highest BCUT2D eigenvalue weighted by Gasteiger charge is 2.13. The van der Waals surface area contributed by atoms with Crippen LogP contribution in [0.15, 0.2) is 48.5 Å². The minimum atomic E-state index is -0.655. The van der Waals surface area contributed by atoms with Crippen molar-refractivity contribution in [3.05, 3.63) is 70.5 Å². The van der Waals surface area contributed by atoms with Crippen LogP contribution in [0.25, 0.3) is 0 Å². The SMILES string of the molecule is NCCc1nsc(NC(=O)c2cc(Cl)cc(NC(=O)OCc3ccccc3)c2)n1. The van der Waals surface area contributed by atoms with Gasteiger partial charge in [0.2, 0.25) is 5.13 Å². The van der Waals surface area contributed by atoms with E-state index in [1.807, 2.05) is 30.3 Å². The normalized spacial score (nSPS) is 10.4. The number of anilines is 2. The second-order valence-corrected chi connectivity index (χ2v) is 7.11. The third-order valence-corrected chi connectivity index (χ3v) is 4.56. The molecule has 2 amide bonds. The molecule has 0 aliphatic rings. The molecule has 3 aromatic rings. The first-order valence-corrected chi connectivity index (χ1v) is 9.81. The molecule has 4 N–H and O–H groups in total. The van der Waals surface area contributed by atoms with Gasteiger partial charge in [0.1, 0.15) is 12.4 Å². The molecule has 0 bridgehead atoms. The largest absolute Gasteiger partial charge is 0.444 e. The first-order chi connectivity index (χ1) is 14.0. The molecule has 0 unspecified atom stereocenters. The lowest BCUT2D eigenvalue weighted by molar-refractivity contribution is 0.102. The van der Waals surface area contributed by atoms with E-state index in [4.69, 9.17) is 22.1 Å². The molecule has 3 rings (SSSR count). The van der Waals surface area contributed by atoms with Crippen LogP contribution in [-0.2, 0) is 17.8 Å². The van der Waals surface area contributed by atoms with Gasteiger partial charge < -0.3 is 10.5 Å². The van der Waals surface area contributed by atoms with Gasteiger partial charge in [0.15, 0.2) is 0 Å². The lowest BCUT2D eigenvalue weighted by Gasteiger charge is -2.09. The number of nitrogens with one attached hydrogen (secondary N) is 2. The first-order valence-electron chi connectivity index (χ1n) is 8.66. The molecule has 0 aliphatic carbocycles. The summed E-state index contributed by atoms with van der Waals surface area (Å²) in [5.41, 5.74) is 6.92. The Morgan fingerprint density at radius 1 is 1.14 bits per heavy atom. The van der Waals surface area contributed by atoms with Crippen LogP contribution in [0.2, 0.25) is 5.02 Å². The van der Waals surface area contributed by atoms with Crippen LogP contribution >= 0.6 is 23.1 Å². The van der Waals surface area contributed by atoms with Gasteiger partial charge in [0, 0.05) is 34.2 Å². The summed E-state index contributed by atoms with van der Waals surface area (Å²) < 4.78 is 9.28. The minimum Gasteiger partial charge on any atom is -0.444 e. The highest BCUT2D eigenvalue weighted by atomic mass is 35.5. The maximum absolute atomic E-state index is 12.5. The standard InChI is InChI=1S/C19H18ClN5O3S/c20-14-8-13(17(26)24-18-23-16(6-7-21)25-29-18)9-15(10-14)22-19(27)28-11-12-4-2-1-3-5-12/h1-5,8-10H,6-7,11,21H2,(H,22,27)(H,23,24,25,26). The molecule has 0 atom stereocenters. The van der Waals surface area contributed by atoms with Gasteiger partial charge in [-0.2, -0.15) is 4.37 Å². The van der Waals surface area contributed by atoms with Gasteiger partial charge in [-0.25, -0.2) is 9.78 Å². The maximum atomic E-state index is 12.5. The van der Waals surface area contributed by atoms with E-state index >= 15 is 0 Å². The van der Waals surface area contributed by atoms with Crippen molar-refractivity contribution in [2.45, 2.75) is 13.0 Å². The monoisotopic (exact) mass is 431 g/mol. The van der Waals surface area contributed by atoms with Crippen LogP contribution in [0.1, 0.15) is 21.7 Å². The van der Waals surface area contributed by atoms with Crippen LogP contribution in [0.5, 0.6) is 0 Å². The van der Waals surface area contributed by atoms with Crippen molar-refractivity contribution >= 4 is 46.0 Å². The van der Waals surface area contributed by atoms with E-state index in [1.54, 1.807) is 0 Å². The zero-order valence-electron chi connectivity index (χ0n) is 15.2. The fraction of sp³-hybridized carbons (Fsp3) is 0.158. The van der Waals surface area contributed by atoms with E-state index in [-0.39, 0.29) is 17.2 Å². The summed E-state index contributed by atoms with van der Waals surface area (Å²) in [6.45, 7) is 0.552. The zero-order chi connectivity index (χ0) is 20.6. The van der Waals surface area contributed by atoms with Crippen molar-refractivity contribution in [2.75, 3.05) is 17.2 Å². The molecule has 1 aromatic heterocycles. The average molecular weight is 432 g/mol. The second kappa shape index (κ2) is 9.97. The van der Waals surface area contributed by atoms with Crippen LogP contribution < -0.4 is 16.4 Å². The van der Waals surface area contributed by atoms with Crippen molar-refractivity contribution in [1.29, 1.82) is 0 Å². The number of ether oxygens (including phenoxy) is 1. The fourth-order valence-corrected chi connectivity index (χ4v) is 3.22. The van der Waals surface area contributed by atoms with E-state index in [2.05, 4.69) is 20.0 Å². The summed E-state index contributed by atoms with van der Waals surface area (Å²) in [6, 6.07) is 13.8. The number of rotatable bonds is 7. The molecule has 10 heteroatoms. The first kappa shape index (κ1) is 20.7. The van der Waals surface area contributed by atoms with E-state index < -0.39 is 12.0 Å². The third-order valence-electron chi connectivity index (χ3n) is 3.68. The second-order valence-electron chi connectivity index (χ2n) is 5.92. The quantitative estimate of drug-likeness (QED) is 0.524. The molecular formula is C19H18ClN5O3S. The van der Waals surface area contributed by atoms with Crippen molar-refractivity contribution in [2.24, 2.45) is 5.73 Å². The Kier molecular flexibility index (Phi) is 7.12. The number of nitrogens with two attached hydrogens (primary N) is 1. The molecule has 0 saturated carbocycles. The topological polar surface area (TPSA) is 119 Å². The Morgan fingerprint density at radius 3 is 2.69 bits per heavy atom. The number of nitrogens with zero attached hydrogens (tertiary/aromatic N) is 2. The predicted octanol–water partition coefficient (Wildman–Crippen LogP) is 3.69. The Morgan fingerprint density at radius 2 is 1.93 bits per heavy atom. The molecule has 2 aromatic carbocycles. The number of carbonyl (C=O) groups is 2. The summed E-state index contributed by atoms with van der Waals surface area (Å²) in [6.07, 6.45) is -0.124. The van der Waals surface area contributed by atoms with Gasteiger partial charge in [-0.3, -0.25) is 15.4 Å². The zero-order valence-corrected chi connectivity index (χ0v) is 16.8. The van der Waals surface area contributed by atoms with Crippen molar-refractivity contribution in [3.63, 3.8) is 0 Å². The van der Waals surface area contributed by atoms with Crippen LogP contribution in [0, 0.1) is 0 Å². The lowest BCUT2D eigenvalue weighted by Crippen LogP contribution is -2.15. The van der Waals surface area contributed by atoms with Crippen LogP contribution in [0.3, 0.4) is 0 Å². The summed E-state index contributed by atoms with van der Waals surface area (Å²) in [4.78, 5) is 28.7. The van der Waals surface area contributed by atoms with E-state index in [0.717, 1.165) is 17.1 Å². The number of halogens is 1. The third kappa shape index (κ3) is 6.24. The number of benzene rings is 2. The Labute approximate surface area is 176 Å². The lowest BCUT2D eigenvalue weighted by atomic mass is 10.2. The van der Waals surface area contributed by atoms with Crippen LogP contribution in [0.4, 0.5) is 15.6 Å². The molecule has 0 radical (unpaired) electrons. The van der Waals surface area contributed by atoms with Crippen molar-refractivity contribution in [3.8, 4) is 0 Å². The van der Waals surface area contributed by atoms with Gasteiger partial charge in [0.05, 0.1) is 0 Å². The molecule has 1 heterocycles. The number of hydrogen-bond donors (Lipinski definition) is 3. The van der Waals surface area contributed by atoms with Gasteiger partial charge in [-0.05, 0) is 30.3 Å². The van der Waals surface area contributed by atoms with E-state index in [9.17, 15) is 9.59 Å². The van der Waals surface area contributed by atoms with Crippen molar-refractivity contribution in [1.82, 2.24) is 9.36 Å². The summed E-state index contributed by atoms with van der Waals surface area (Å²) >= 11 is 7.15. The molecule has 150 valence electrons. The minimum absolute atomic E-state index is 0.128. The summed E-state index contributed by atoms with van der Waals surface area (Å²) in [5, 5.41) is 5.87. The number of carbonyl (C=O) groups excluding carboxylic acids is 2. The van der Waals surface area contributed by atoms with Gasteiger partial charge in [-0.15, -0.1) is 0 Å². The molecular weight excluding hydrogens is 414 g/mol. The van der Waals surface area contributed by atoms with E-state index in [0.29, 0.717) is 29.6 Å². The molecule has 0 spiro atoms. The highest BCUT2D eigenvalue weighted by molar-refractivity contribution is 7.09. The molecule has 0 saturated heterocycles. The molecule has 8 nitrogen and oxygen atoms in total. The van der Waals surface area contributed by atoms with Gasteiger partial charge >= 0.3 is 6.09 Å². The van der Waals surface area contributed by atoms with E-state index in [1.165, 1.54) is 18.2 Å². The molecule has 29 heavy (non-hydrogen) atoms. The van der Waals surface area contributed by atoms with Crippen molar-refractivity contribution < 1.29 is 14.3 Å². The molecule has 0 aliphatic heterocycles. The number of amides is 2. The fourth-order valence-electron chi connectivity index (χ4n) is 2.37. The smallest absolute Gasteiger partial charge is 0.411 e. The Hall–Kier alpha value is -3.01. The summed E-state index contributed by atoms with van der Waals surface area (Å²) in [7, 11) is 0. The highest BCUT2D eigenvalue weighted by Crippen LogP contribution is 2.21. The number of aromatic nitrogens is 2. The number of hydrogen-bond acceptors (Lipinski definition) is 7. The molecule has 0 fully saturated rings. The Bertz CT molecular complexity index is 997. The van der Waals surface area contributed by atoms with Gasteiger partial charge in [0.25, 0.3) is 5.91 Å².